The largest absolute Gasteiger partial charge is 0.494 e. The number of carbonyl (C=O) groups excluding carboxylic acids is 1. The number of hydrogen-bond donors (Lipinski definition) is 0. The summed E-state index contributed by atoms with van der Waals surface area (Å²) in [7, 11) is 0. The molecule has 0 amide bonds. The van der Waals surface area contributed by atoms with E-state index in [2.05, 4.69) is 29.2 Å². The van der Waals surface area contributed by atoms with Gasteiger partial charge in [-0.1, -0.05) is 96.5 Å². The van der Waals surface area contributed by atoms with Gasteiger partial charge in [0.2, 0.25) is 0 Å². The zero-order valence-corrected chi connectivity index (χ0v) is 27.2. The van der Waals surface area contributed by atoms with Crippen LogP contribution in [0.3, 0.4) is 0 Å². The molecule has 1 saturated carbocycles. The average molecular weight is 673 g/mol. The van der Waals surface area contributed by atoms with Crippen molar-refractivity contribution in [1.82, 2.24) is 4.90 Å². The molecule has 0 aromatic heterocycles. The summed E-state index contributed by atoms with van der Waals surface area (Å²) < 4.78 is 52.5. The maximum Gasteiger partial charge on any atom is 0.417 e. The first-order valence-electron chi connectivity index (χ1n) is 15.3. The van der Waals surface area contributed by atoms with Crippen molar-refractivity contribution in [2.24, 2.45) is 0 Å². The van der Waals surface area contributed by atoms with Crippen molar-refractivity contribution in [1.29, 1.82) is 0 Å². The van der Waals surface area contributed by atoms with Gasteiger partial charge < -0.3 is 9.47 Å². The number of hydrogen-bond acceptors (Lipinski definition) is 4. The number of carbonyl (C=O) groups is 1. The van der Waals surface area contributed by atoms with Gasteiger partial charge in [-0.05, 0) is 66.6 Å². The van der Waals surface area contributed by atoms with Crippen LogP contribution in [-0.2, 0) is 27.7 Å². The van der Waals surface area contributed by atoms with Crippen molar-refractivity contribution >= 4 is 30.0 Å². The van der Waals surface area contributed by atoms with Crippen LogP contribution in [0.15, 0.2) is 103 Å². The molecule has 0 atom stereocenters. The lowest BCUT2D eigenvalue weighted by molar-refractivity contribution is -0.146. The van der Waals surface area contributed by atoms with Crippen LogP contribution in [-0.4, -0.2) is 37.2 Å². The minimum absolute atomic E-state index is 0. The molecule has 1 fully saturated rings. The maximum absolute atomic E-state index is 13.7. The highest BCUT2D eigenvalue weighted by molar-refractivity contribution is 6.32. The number of halogens is 5. The Kier molecular flexibility index (Phi) is 12.2. The van der Waals surface area contributed by atoms with Crippen LogP contribution in [0.4, 0.5) is 13.2 Å². The number of esters is 1. The molecule has 0 saturated heterocycles. The smallest absolute Gasteiger partial charge is 0.417 e. The van der Waals surface area contributed by atoms with Crippen molar-refractivity contribution in [2.75, 3.05) is 26.3 Å². The Bertz CT molecular complexity index is 1520. The summed E-state index contributed by atoms with van der Waals surface area (Å²) in [6.07, 6.45) is -2.40. The topological polar surface area (TPSA) is 38.8 Å². The van der Waals surface area contributed by atoms with E-state index in [-0.39, 0.29) is 35.9 Å². The molecule has 46 heavy (non-hydrogen) atoms. The fraction of sp³-hybridized carbons (Fsp3) is 0.324. The fourth-order valence-corrected chi connectivity index (χ4v) is 6.09. The Labute approximate surface area is 279 Å². The van der Waals surface area contributed by atoms with Gasteiger partial charge in [0.15, 0.2) is 0 Å². The van der Waals surface area contributed by atoms with E-state index in [1.807, 2.05) is 60.7 Å². The average Bonchev–Trinajstić information content (AvgIpc) is 3.86. The number of nitrogens with zero attached hydrogens (tertiary/aromatic N) is 1. The van der Waals surface area contributed by atoms with Gasteiger partial charge in [-0.15, -0.1) is 12.4 Å². The molecule has 9 heteroatoms. The molecule has 0 unspecified atom stereocenters. The van der Waals surface area contributed by atoms with Crippen molar-refractivity contribution in [3.63, 3.8) is 0 Å². The standard InChI is InChI=1S/C37H37ClF3NO3.ClH/c1-2-44-35(43)36(20-21-36)30-17-10-18-31(24-30)45-23-11-22-42(25-29-16-9-19-33(34(29)38)37(39,40)41)26-32(27-12-5-3-6-13-27)28-14-7-4-8-15-28;/h3-10,12-19,24,32H,2,11,20-23,25-26H2,1H3;1H. The highest BCUT2D eigenvalue weighted by atomic mass is 35.5. The van der Waals surface area contributed by atoms with Crippen LogP contribution >= 0.6 is 24.0 Å². The molecule has 1 aliphatic rings. The van der Waals surface area contributed by atoms with E-state index < -0.39 is 17.2 Å². The molecular weight excluding hydrogens is 634 g/mol. The number of ether oxygens (including phenoxy) is 2. The van der Waals surface area contributed by atoms with Gasteiger partial charge in [-0.3, -0.25) is 9.69 Å². The third-order valence-corrected chi connectivity index (χ3v) is 8.76. The van der Waals surface area contributed by atoms with Gasteiger partial charge in [0, 0.05) is 25.6 Å². The lowest BCUT2D eigenvalue weighted by Crippen LogP contribution is -2.31. The molecule has 0 aliphatic heterocycles. The molecule has 244 valence electrons. The summed E-state index contributed by atoms with van der Waals surface area (Å²) in [6.45, 7) is 3.92. The zero-order valence-electron chi connectivity index (χ0n) is 25.6. The Hall–Kier alpha value is -3.52. The minimum Gasteiger partial charge on any atom is -0.494 e. The molecule has 4 aromatic rings. The van der Waals surface area contributed by atoms with Gasteiger partial charge in [-0.2, -0.15) is 13.2 Å². The molecule has 0 radical (unpaired) electrons. The van der Waals surface area contributed by atoms with Gasteiger partial charge in [0.05, 0.1) is 29.2 Å². The Morgan fingerprint density at radius 2 is 1.54 bits per heavy atom. The first kappa shape index (κ1) is 35.3. The zero-order chi connectivity index (χ0) is 31.9. The van der Waals surface area contributed by atoms with Crippen LogP contribution in [0.2, 0.25) is 5.02 Å². The van der Waals surface area contributed by atoms with Crippen molar-refractivity contribution in [3.8, 4) is 5.75 Å². The second kappa shape index (κ2) is 15.9. The molecule has 0 heterocycles. The highest BCUT2D eigenvalue weighted by Crippen LogP contribution is 2.50. The van der Waals surface area contributed by atoms with E-state index in [1.165, 1.54) is 6.07 Å². The van der Waals surface area contributed by atoms with Crippen LogP contribution in [0.5, 0.6) is 5.75 Å². The van der Waals surface area contributed by atoms with Crippen LogP contribution in [0.1, 0.15) is 59.9 Å². The maximum atomic E-state index is 13.7. The number of rotatable bonds is 14. The van der Waals surface area contributed by atoms with Crippen molar-refractivity contribution in [2.45, 2.75) is 50.2 Å². The first-order valence-corrected chi connectivity index (χ1v) is 15.7. The summed E-state index contributed by atoms with van der Waals surface area (Å²) in [5.74, 6) is 0.464. The highest BCUT2D eigenvalue weighted by Gasteiger charge is 2.52. The number of alkyl halides is 3. The van der Waals surface area contributed by atoms with E-state index in [4.69, 9.17) is 21.1 Å². The predicted molar refractivity (Wildman–Crippen MR) is 178 cm³/mol. The summed E-state index contributed by atoms with van der Waals surface area (Å²) in [5, 5.41) is -0.269. The molecule has 4 nitrogen and oxygen atoms in total. The molecular formula is C37H38Cl2F3NO3. The van der Waals surface area contributed by atoms with Gasteiger partial charge in [0.1, 0.15) is 5.75 Å². The van der Waals surface area contributed by atoms with Gasteiger partial charge in [0.25, 0.3) is 0 Å². The summed E-state index contributed by atoms with van der Waals surface area (Å²) in [6, 6.07) is 31.9. The van der Waals surface area contributed by atoms with Crippen molar-refractivity contribution < 1.29 is 27.4 Å². The fourth-order valence-electron chi connectivity index (χ4n) is 5.80. The SMILES string of the molecule is CCOC(=O)C1(c2cccc(OCCCN(Cc3cccc(C(F)(F)F)c3Cl)CC(c3ccccc3)c3ccccc3)c2)CC1.Cl. The molecule has 0 bridgehead atoms. The minimum atomic E-state index is -4.54. The van der Waals surface area contributed by atoms with Crippen LogP contribution in [0, 0.1) is 0 Å². The monoisotopic (exact) mass is 671 g/mol. The second-order valence-electron chi connectivity index (χ2n) is 11.4. The lowest BCUT2D eigenvalue weighted by atomic mass is 9.90. The van der Waals surface area contributed by atoms with E-state index in [9.17, 15) is 18.0 Å². The summed E-state index contributed by atoms with van der Waals surface area (Å²) in [4.78, 5) is 14.7. The normalized spacial score (nSPS) is 13.7. The molecule has 5 rings (SSSR count). The quantitative estimate of drug-likeness (QED) is 0.0989. The number of benzene rings is 4. The third-order valence-electron chi connectivity index (χ3n) is 8.31. The van der Waals surface area contributed by atoms with E-state index >= 15 is 0 Å². The molecule has 0 N–H and O–H groups in total. The molecule has 1 aliphatic carbocycles. The lowest BCUT2D eigenvalue weighted by Gasteiger charge is -2.29. The second-order valence-corrected chi connectivity index (χ2v) is 11.8. The van der Waals surface area contributed by atoms with E-state index in [1.54, 1.807) is 13.0 Å². The Morgan fingerprint density at radius 3 is 2.13 bits per heavy atom. The van der Waals surface area contributed by atoms with Gasteiger partial charge in [-0.25, -0.2) is 0 Å². The first-order chi connectivity index (χ1) is 21.7. The summed E-state index contributed by atoms with van der Waals surface area (Å²) in [5.41, 5.74) is 2.14. The molecule has 4 aromatic carbocycles. The molecule has 0 spiro atoms. The predicted octanol–water partition coefficient (Wildman–Crippen LogP) is 9.48. The van der Waals surface area contributed by atoms with E-state index in [0.717, 1.165) is 35.6 Å². The van der Waals surface area contributed by atoms with E-state index in [0.29, 0.717) is 44.0 Å². The van der Waals surface area contributed by atoms with Crippen molar-refractivity contribution in [3.05, 3.63) is 136 Å². The van der Waals surface area contributed by atoms with Gasteiger partial charge >= 0.3 is 12.1 Å². The third kappa shape index (κ3) is 8.64. The van der Waals surface area contributed by atoms with Crippen LogP contribution in [0.25, 0.3) is 0 Å². The summed E-state index contributed by atoms with van der Waals surface area (Å²) >= 11 is 6.34. The van der Waals surface area contributed by atoms with Crippen LogP contribution < -0.4 is 4.74 Å². The Balaban J connectivity index is 0.00000480. The Morgan fingerprint density at radius 1 is 0.913 bits per heavy atom.